The van der Waals surface area contributed by atoms with Gasteiger partial charge in [0.25, 0.3) is 0 Å². The van der Waals surface area contributed by atoms with Gasteiger partial charge in [-0.3, -0.25) is 0 Å². The molecule has 0 aliphatic heterocycles. The Morgan fingerprint density at radius 2 is 1.46 bits per heavy atom. The molecule has 202 valence electrons. The number of thioether (sulfide) groups is 1. The zero-order valence-electron chi connectivity index (χ0n) is 23.4. The molecule has 0 aromatic heterocycles. The van der Waals surface area contributed by atoms with E-state index in [2.05, 4.69) is 105 Å². The molecule has 0 bridgehead atoms. The first-order valence-corrected chi connectivity index (χ1v) is 14.9. The third-order valence-electron chi connectivity index (χ3n) is 7.38. The van der Waals surface area contributed by atoms with Crippen LogP contribution in [-0.2, 0) is 12.3 Å². The van der Waals surface area contributed by atoms with Crippen molar-refractivity contribution in [2.75, 3.05) is 4.90 Å². The Morgan fingerprint density at radius 1 is 0.795 bits per heavy atom. The topological polar surface area (TPSA) is 40.5 Å². The van der Waals surface area contributed by atoms with Crippen molar-refractivity contribution in [3.63, 3.8) is 0 Å². The lowest BCUT2D eigenvalue weighted by Gasteiger charge is -2.30. The maximum absolute atomic E-state index is 11.1. The molecule has 0 amide bonds. The first kappa shape index (κ1) is 28.5. The molecule has 0 heterocycles. The van der Waals surface area contributed by atoms with Crippen molar-refractivity contribution in [3.8, 4) is 11.1 Å². The molecule has 4 aromatic carbocycles. The number of carboxylic acid groups (broad SMARTS) is 1. The van der Waals surface area contributed by atoms with E-state index in [1.54, 1.807) is 23.9 Å². The lowest BCUT2D eigenvalue weighted by molar-refractivity contribution is 0.0697. The van der Waals surface area contributed by atoms with Gasteiger partial charge >= 0.3 is 5.97 Å². The Morgan fingerprint density at radius 3 is 2.05 bits per heavy atom. The molecule has 0 spiro atoms. The average Bonchev–Trinajstić information content (AvgIpc) is 2.96. The number of hydrogen-bond acceptors (Lipinski definition) is 3. The van der Waals surface area contributed by atoms with Crippen LogP contribution in [0, 0.1) is 0 Å². The van der Waals surface area contributed by atoms with E-state index >= 15 is 0 Å². The molecule has 0 saturated carbocycles. The third kappa shape index (κ3) is 7.54. The molecule has 4 heteroatoms. The molecule has 0 atom stereocenters. The number of aromatic carboxylic acids is 1. The van der Waals surface area contributed by atoms with Crippen LogP contribution in [0.1, 0.15) is 73.5 Å². The fourth-order valence-corrected chi connectivity index (χ4v) is 5.82. The van der Waals surface area contributed by atoms with Gasteiger partial charge in [-0.1, -0.05) is 68.4 Å². The molecule has 0 saturated heterocycles. The van der Waals surface area contributed by atoms with Crippen LogP contribution < -0.4 is 4.90 Å². The lowest BCUT2D eigenvalue weighted by Crippen LogP contribution is -2.30. The summed E-state index contributed by atoms with van der Waals surface area (Å²) >= 11 is 1.71. The molecule has 0 aliphatic rings. The minimum Gasteiger partial charge on any atom is -0.478 e. The Bertz CT molecular complexity index is 1340. The van der Waals surface area contributed by atoms with E-state index in [1.165, 1.54) is 46.3 Å². The molecule has 4 aromatic rings. The van der Waals surface area contributed by atoms with E-state index in [1.807, 2.05) is 12.1 Å². The maximum Gasteiger partial charge on any atom is 0.335 e. The molecule has 3 nitrogen and oxygen atoms in total. The minimum absolute atomic E-state index is 0.317. The van der Waals surface area contributed by atoms with Crippen LogP contribution in [0.15, 0.2) is 102 Å². The Hall–Kier alpha value is -3.50. The molecule has 4 rings (SSSR count). The highest BCUT2D eigenvalue weighted by atomic mass is 32.2. The number of carboxylic acids is 1. The molecular formula is C35H39NO2S. The molecule has 0 fully saturated rings. The highest BCUT2D eigenvalue weighted by Crippen LogP contribution is 2.29. The summed E-state index contributed by atoms with van der Waals surface area (Å²) in [6, 6.07) is 34.3. The summed E-state index contributed by atoms with van der Waals surface area (Å²) < 4.78 is 0. The third-order valence-corrected chi connectivity index (χ3v) is 8.46. The molecule has 0 radical (unpaired) electrons. The summed E-state index contributed by atoms with van der Waals surface area (Å²) in [4.78, 5) is 14.6. The number of rotatable bonds is 12. The average molecular weight is 538 g/mol. The number of benzene rings is 4. The zero-order valence-corrected chi connectivity index (χ0v) is 24.2. The number of hydrogen-bond donors (Lipinski definition) is 1. The second-order valence-corrected chi connectivity index (χ2v) is 11.4. The second kappa shape index (κ2) is 13.5. The van der Waals surface area contributed by atoms with Crippen molar-refractivity contribution in [2.45, 2.75) is 69.7 Å². The van der Waals surface area contributed by atoms with Crippen LogP contribution in [0.5, 0.6) is 0 Å². The van der Waals surface area contributed by atoms with Gasteiger partial charge < -0.3 is 10.0 Å². The smallest absolute Gasteiger partial charge is 0.335 e. The van der Waals surface area contributed by atoms with Crippen LogP contribution >= 0.6 is 11.8 Å². The molecular weight excluding hydrogens is 498 g/mol. The standard InChI is InChI=1S/C35H39NO2S/c1-5-28(6-2)29-14-18-33(19-15-29)36(25(3)4)23-27-8-7-9-32(22-27)30-12-10-26(11-13-30)24-39-34-20-16-31(17-21-34)35(37)38/h7-22,25,28H,5-6,23-24H2,1-4H3,(H,37,38). The quantitative estimate of drug-likeness (QED) is 0.183. The van der Waals surface area contributed by atoms with E-state index in [0.29, 0.717) is 17.5 Å². The summed E-state index contributed by atoms with van der Waals surface area (Å²) in [5.41, 5.74) is 8.00. The Balaban J connectivity index is 1.42. The number of anilines is 1. The normalized spacial score (nSPS) is 11.2. The van der Waals surface area contributed by atoms with Crippen molar-refractivity contribution in [1.82, 2.24) is 0 Å². The van der Waals surface area contributed by atoms with Gasteiger partial charge in [0.15, 0.2) is 0 Å². The van der Waals surface area contributed by atoms with Gasteiger partial charge in [-0.15, -0.1) is 11.8 Å². The van der Waals surface area contributed by atoms with Gasteiger partial charge in [-0.2, -0.15) is 0 Å². The van der Waals surface area contributed by atoms with Gasteiger partial charge in [0.1, 0.15) is 0 Å². The molecule has 39 heavy (non-hydrogen) atoms. The minimum atomic E-state index is -0.894. The van der Waals surface area contributed by atoms with Gasteiger partial charge in [0.2, 0.25) is 0 Å². The number of nitrogens with zero attached hydrogens (tertiary/aromatic N) is 1. The van der Waals surface area contributed by atoms with E-state index in [4.69, 9.17) is 5.11 Å². The highest BCUT2D eigenvalue weighted by Gasteiger charge is 2.14. The predicted molar refractivity (Wildman–Crippen MR) is 166 cm³/mol. The number of carbonyl (C=O) groups is 1. The van der Waals surface area contributed by atoms with E-state index in [0.717, 1.165) is 17.2 Å². The van der Waals surface area contributed by atoms with Crippen LogP contribution in [0.3, 0.4) is 0 Å². The van der Waals surface area contributed by atoms with Crippen molar-refractivity contribution >= 4 is 23.4 Å². The molecule has 0 unspecified atom stereocenters. The van der Waals surface area contributed by atoms with Crippen LogP contribution in [0.2, 0.25) is 0 Å². The van der Waals surface area contributed by atoms with Crippen LogP contribution in [0.4, 0.5) is 5.69 Å². The first-order chi connectivity index (χ1) is 18.9. The summed E-state index contributed by atoms with van der Waals surface area (Å²) in [6.07, 6.45) is 2.36. The summed E-state index contributed by atoms with van der Waals surface area (Å²) in [6.45, 7) is 9.93. The van der Waals surface area contributed by atoms with Gasteiger partial charge in [-0.25, -0.2) is 4.79 Å². The van der Waals surface area contributed by atoms with E-state index in [-0.39, 0.29) is 0 Å². The highest BCUT2D eigenvalue weighted by molar-refractivity contribution is 7.98. The summed E-state index contributed by atoms with van der Waals surface area (Å²) in [5, 5.41) is 9.07. The first-order valence-electron chi connectivity index (χ1n) is 13.9. The monoisotopic (exact) mass is 537 g/mol. The lowest BCUT2D eigenvalue weighted by atomic mass is 9.94. The van der Waals surface area contributed by atoms with Crippen molar-refractivity contribution in [3.05, 3.63) is 119 Å². The Labute approximate surface area is 237 Å². The van der Waals surface area contributed by atoms with Gasteiger partial charge in [0.05, 0.1) is 5.56 Å². The molecule has 0 aliphatic carbocycles. The fourth-order valence-electron chi connectivity index (χ4n) is 4.97. The molecule has 1 N–H and O–H groups in total. The predicted octanol–water partition coefficient (Wildman–Crippen LogP) is 9.66. The Kier molecular flexibility index (Phi) is 9.89. The maximum atomic E-state index is 11.1. The van der Waals surface area contributed by atoms with Crippen LogP contribution in [0.25, 0.3) is 11.1 Å². The second-order valence-electron chi connectivity index (χ2n) is 10.3. The largest absolute Gasteiger partial charge is 0.478 e. The van der Waals surface area contributed by atoms with Gasteiger partial charge in [-0.05, 0) is 103 Å². The fraction of sp³-hybridized carbons (Fsp3) is 0.286. The van der Waals surface area contributed by atoms with Crippen LogP contribution in [-0.4, -0.2) is 17.1 Å². The SMILES string of the molecule is CCC(CC)c1ccc(N(Cc2cccc(-c3ccc(CSc4ccc(C(=O)O)cc4)cc3)c2)C(C)C)cc1. The van der Waals surface area contributed by atoms with Crippen molar-refractivity contribution in [2.24, 2.45) is 0 Å². The summed E-state index contributed by atoms with van der Waals surface area (Å²) in [7, 11) is 0. The van der Waals surface area contributed by atoms with Crippen molar-refractivity contribution in [1.29, 1.82) is 0 Å². The van der Waals surface area contributed by atoms with E-state index < -0.39 is 5.97 Å². The zero-order chi connectivity index (χ0) is 27.8. The summed E-state index contributed by atoms with van der Waals surface area (Å²) in [5.74, 6) is 0.583. The van der Waals surface area contributed by atoms with Gasteiger partial charge in [0, 0.05) is 28.9 Å². The van der Waals surface area contributed by atoms with E-state index in [9.17, 15) is 4.79 Å². The van der Waals surface area contributed by atoms with Crippen molar-refractivity contribution < 1.29 is 9.90 Å².